The van der Waals surface area contributed by atoms with Gasteiger partial charge in [-0.1, -0.05) is 12.1 Å². The number of nitrogens with two attached hydrogens (primary N) is 1. The first-order valence-electron chi connectivity index (χ1n) is 6.08. The number of hydrogen-bond acceptors (Lipinski definition) is 4. The Hall–Kier alpha value is -2.11. The van der Waals surface area contributed by atoms with Crippen molar-refractivity contribution in [2.24, 2.45) is 16.3 Å². The molecule has 6 nitrogen and oxygen atoms in total. The summed E-state index contributed by atoms with van der Waals surface area (Å²) in [6.07, 6.45) is 3.81. The second kappa shape index (κ2) is 6.17. The molecule has 0 aliphatic rings. The Morgan fingerprint density at radius 2 is 2.11 bits per heavy atom. The number of carbonyl (C=O) groups excluding carboxylic acids is 1. The van der Waals surface area contributed by atoms with Crippen molar-refractivity contribution in [2.75, 3.05) is 7.05 Å². The van der Waals surface area contributed by atoms with Gasteiger partial charge in [0.15, 0.2) is 5.84 Å². The minimum absolute atomic E-state index is 0.0680. The number of carbonyl (C=O) groups is 1. The van der Waals surface area contributed by atoms with E-state index in [4.69, 9.17) is 10.9 Å². The van der Waals surface area contributed by atoms with E-state index in [0.717, 1.165) is 5.56 Å². The lowest BCUT2D eigenvalue weighted by atomic mass is 9.84. The van der Waals surface area contributed by atoms with Gasteiger partial charge in [0.1, 0.15) is 5.41 Å². The second-order valence-corrected chi connectivity index (χ2v) is 4.69. The number of hydrogen-bond donors (Lipinski definition) is 2. The first-order chi connectivity index (χ1) is 8.95. The molecular formula is C13H20N4O2. The first kappa shape index (κ1) is 14.9. The van der Waals surface area contributed by atoms with Gasteiger partial charge in [0.05, 0.1) is 0 Å². The fraction of sp³-hybridized carbons (Fsp3) is 0.462. The van der Waals surface area contributed by atoms with Crippen molar-refractivity contribution in [3.63, 3.8) is 0 Å². The molecule has 0 bridgehead atoms. The number of pyridine rings is 1. The second-order valence-electron chi connectivity index (χ2n) is 4.69. The number of nitrogens with zero attached hydrogens (tertiary/aromatic N) is 3. The van der Waals surface area contributed by atoms with Crippen LogP contribution in [-0.4, -0.2) is 33.9 Å². The van der Waals surface area contributed by atoms with E-state index in [2.05, 4.69) is 10.1 Å². The Morgan fingerprint density at radius 3 is 2.58 bits per heavy atom. The number of rotatable bonds is 5. The Balaban J connectivity index is 2.87. The van der Waals surface area contributed by atoms with Crippen LogP contribution >= 0.6 is 0 Å². The van der Waals surface area contributed by atoms with Crippen LogP contribution in [0.4, 0.5) is 0 Å². The van der Waals surface area contributed by atoms with Crippen molar-refractivity contribution in [3.8, 4) is 0 Å². The number of aromatic nitrogens is 1. The molecule has 0 saturated carbocycles. The highest BCUT2D eigenvalue weighted by Gasteiger charge is 2.38. The minimum Gasteiger partial charge on any atom is -0.409 e. The quantitative estimate of drug-likeness (QED) is 0.362. The molecule has 19 heavy (non-hydrogen) atoms. The molecule has 1 aromatic heterocycles. The van der Waals surface area contributed by atoms with Crippen molar-refractivity contribution in [1.29, 1.82) is 0 Å². The molecule has 1 amide bonds. The monoisotopic (exact) mass is 264 g/mol. The largest absolute Gasteiger partial charge is 0.409 e. The molecule has 104 valence electrons. The molecule has 0 fully saturated rings. The third-order valence-electron chi connectivity index (χ3n) is 3.37. The highest BCUT2D eigenvalue weighted by atomic mass is 16.4. The lowest BCUT2D eigenvalue weighted by Gasteiger charge is -2.30. The molecule has 1 aromatic rings. The van der Waals surface area contributed by atoms with Crippen LogP contribution in [0, 0.1) is 5.41 Å². The zero-order valence-corrected chi connectivity index (χ0v) is 11.5. The Bertz CT molecular complexity index is 461. The summed E-state index contributed by atoms with van der Waals surface area (Å²) in [6, 6.07) is 3.69. The molecular weight excluding hydrogens is 244 g/mol. The smallest absolute Gasteiger partial charge is 0.236 e. The van der Waals surface area contributed by atoms with Gasteiger partial charge in [-0.15, -0.1) is 0 Å². The average molecular weight is 264 g/mol. The maximum absolute atomic E-state index is 12.4. The molecule has 6 heteroatoms. The fourth-order valence-corrected chi connectivity index (χ4v) is 1.81. The maximum Gasteiger partial charge on any atom is 0.236 e. The number of amidine groups is 1. The normalized spacial score (nSPS) is 14.8. The topological polar surface area (TPSA) is 91.8 Å². The number of oxime groups is 1. The third kappa shape index (κ3) is 3.21. The van der Waals surface area contributed by atoms with E-state index in [9.17, 15) is 4.79 Å². The van der Waals surface area contributed by atoms with Crippen molar-refractivity contribution in [2.45, 2.75) is 26.8 Å². The Kier molecular flexibility index (Phi) is 4.86. The molecule has 0 saturated heterocycles. The summed E-state index contributed by atoms with van der Waals surface area (Å²) in [6.45, 7) is 3.96. The molecule has 0 aliphatic carbocycles. The van der Waals surface area contributed by atoms with Crippen LogP contribution in [0.15, 0.2) is 29.7 Å². The molecule has 0 aliphatic heterocycles. The van der Waals surface area contributed by atoms with Gasteiger partial charge in [0, 0.05) is 26.0 Å². The summed E-state index contributed by atoms with van der Waals surface area (Å²) in [5.41, 5.74) is 5.62. The van der Waals surface area contributed by atoms with Crippen LogP contribution in [0.1, 0.15) is 25.8 Å². The van der Waals surface area contributed by atoms with Crippen LogP contribution in [0.2, 0.25) is 0 Å². The van der Waals surface area contributed by atoms with E-state index in [-0.39, 0.29) is 11.7 Å². The van der Waals surface area contributed by atoms with Crippen LogP contribution in [0.25, 0.3) is 0 Å². The zero-order chi connectivity index (χ0) is 14.5. The molecule has 0 radical (unpaired) electrons. The van der Waals surface area contributed by atoms with Crippen LogP contribution in [0.3, 0.4) is 0 Å². The molecule has 1 heterocycles. The van der Waals surface area contributed by atoms with Crippen LogP contribution in [-0.2, 0) is 11.3 Å². The summed E-state index contributed by atoms with van der Waals surface area (Å²) in [5.74, 6) is -0.247. The maximum atomic E-state index is 12.4. The van der Waals surface area contributed by atoms with E-state index in [1.165, 1.54) is 0 Å². The van der Waals surface area contributed by atoms with Gasteiger partial charge in [0.25, 0.3) is 0 Å². The van der Waals surface area contributed by atoms with E-state index >= 15 is 0 Å². The minimum atomic E-state index is -0.990. The van der Waals surface area contributed by atoms with E-state index in [0.29, 0.717) is 13.0 Å². The van der Waals surface area contributed by atoms with Crippen LogP contribution < -0.4 is 5.73 Å². The Morgan fingerprint density at radius 1 is 1.53 bits per heavy atom. The van der Waals surface area contributed by atoms with Crippen LogP contribution in [0.5, 0.6) is 0 Å². The molecule has 0 aromatic carbocycles. The molecule has 1 atom stereocenters. The third-order valence-corrected chi connectivity index (χ3v) is 3.37. The molecule has 3 N–H and O–H groups in total. The SMILES string of the molecule is CCC(C)(C(=O)N(C)Cc1ccncc1)/C(N)=N/O. The van der Waals surface area contributed by atoms with Gasteiger partial charge in [-0.25, -0.2) is 0 Å². The summed E-state index contributed by atoms with van der Waals surface area (Å²) in [5, 5.41) is 11.8. The van der Waals surface area contributed by atoms with Crippen molar-refractivity contribution >= 4 is 11.7 Å². The average Bonchev–Trinajstić information content (AvgIpc) is 2.45. The summed E-state index contributed by atoms with van der Waals surface area (Å²) >= 11 is 0. The van der Waals surface area contributed by atoms with Crippen molar-refractivity contribution in [3.05, 3.63) is 30.1 Å². The van der Waals surface area contributed by atoms with Gasteiger partial charge in [-0.05, 0) is 31.0 Å². The Labute approximate surface area is 112 Å². The summed E-state index contributed by atoms with van der Waals surface area (Å²) < 4.78 is 0. The van der Waals surface area contributed by atoms with E-state index in [1.54, 1.807) is 31.3 Å². The summed E-state index contributed by atoms with van der Waals surface area (Å²) in [4.78, 5) is 17.9. The predicted molar refractivity (Wildman–Crippen MR) is 72.5 cm³/mol. The van der Waals surface area contributed by atoms with Gasteiger partial charge in [0.2, 0.25) is 5.91 Å². The number of amides is 1. The lowest BCUT2D eigenvalue weighted by Crippen LogP contribution is -2.47. The first-order valence-corrected chi connectivity index (χ1v) is 6.08. The standard InChI is InChI=1S/C13H20N4O2/c1-4-13(2,11(14)16-19)12(18)17(3)9-10-5-7-15-8-6-10/h5-8,19H,4,9H2,1-3H3,(H2,14,16). The van der Waals surface area contributed by atoms with E-state index in [1.807, 2.05) is 19.1 Å². The fourth-order valence-electron chi connectivity index (χ4n) is 1.81. The summed E-state index contributed by atoms with van der Waals surface area (Å²) in [7, 11) is 1.70. The van der Waals surface area contributed by atoms with Crippen molar-refractivity contribution in [1.82, 2.24) is 9.88 Å². The van der Waals surface area contributed by atoms with Gasteiger partial charge in [-0.2, -0.15) is 0 Å². The molecule has 1 rings (SSSR count). The lowest BCUT2D eigenvalue weighted by molar-refractivity contribution is -0.137. The van der Waals surface area contributed by atoms with Gasteiger partial charge < -0.3 is 15.8 Å². The molecule has 1 unspecified atom stereocenters. The van der Waals surface area contributed by atoms with Gasteiger partial charge in [-0.3, -0.25) is 9.78 Å². The van der Waals surface area contributed by atoms with Crippen molar-refractivity contribution < 1.29 is 10.0 Å². The highest BCUT2D eigenvalue weighted by Crippen LogP contribution is 2.24. The van der Waals surface area contributed by atoms with Gasteiger partial charge >= 0.3 is 0 Å². The van der Waals surface area contributed by atoms with E-state index < -0.39 is 5.41 Å². The predicted octanol–water partition coefficient (Wildman–Crippen LogP) is 1.20. The highest BCUT2D eigenvalue weighted by molar-refractivity contribution is 6.06. The zero-order valence-electron chi connectivity index (χ0n) is 11.5. The molecule has 0 spiro atoms.